The molecule has 2 heterocycles. The molecule has 18 heavy (non-hydrogen) atoms. The molecule has 1 unspecified atom stereocenters. The monoisotopic (exact) mass is 264 g/mol. The molecule has 2 fully saturated rings. The van der Waals surface area contributed by atoms with Crippen molar-refractivity contribution in [2.24, 2.45) is 0 Å². The van der Waals surface area contributed by atoms with E-state index >= 15 is 0 Å². The van der Waals surface area contributed by atoms with E-state index in [-0.39, 0.29) is 24.9 Å². The van der Waals surface area contributed by atoms with Gasteiger partial charge in [-0.05, 0) is 0 Å². The number of rotatable bonds is 6. The Bertz CT molecular complexity index is 213. The normalized spacial score (nSPS) is 25.2. The third-order valence-corrected chi connectivity index (χ3v) is 2.65. The van der Waals surface area contributed by atoms with Gasteiger partial charge >= 0.3 is 0 Å². The van der Waals surface area contributed by atoms with E-state index in [1.54, 1.807) is 0 Å². The molecule has 2 aliphatic rings. The maximum Gasteiger partial charge on any atom is 0.146 e. The number of hydrogen-bond acceptors (Lipinski definition) is 7. The second kappa shape index (κ2) is 8.00. The van der Waals surface area contributed by atoms with E-state index in [1.165, 1.54) is 0 Å². The van der Waals surface area contributed by atoms with Crippen LogP contribution in [-0.4, -0.2) is 76.6 Å². The molecule has 0 amide bonds. The molecule has 0 radical (unpaired) electrons. The predicted molar refractivity (Wildman–Crippen MR) is 59.0 cm³/mol. The summed E-state index contributed by atoms with van der Waals surface area (Å²) in [5, 5.41) is 9.24. The lowest BCUT2D eigenvalue weighted by Crippen LogP contribution is -2.40. The summed E-state index contributed by atoms with van der Waals surface area (Å²) in [6, 6.07) is 0. The fourth-order valence-corrected chi connectivity index (χ4v) is 1.76. The van der Waals surface area contributed by atoms with Crippen molar-refractivity contribution in [1.29, 1.82) is 0 Å². The van der Waals surface area contributed by atoms with Crippen molar-refractivity contribution in [1.82, 2.24) is 0 Å². The lowest BCUT2D eigenvalue weighted by atomic mass is 10.3. The van der Waals surface area contributed by atoms with E-state index < -0.39 is 0 Å². The van der Waals surface area contributed by atoms with Crippen LogP contribution in [0.15, 0.2) is 0 Å². The van der Waals surface area contributed by atoms with Gasteiger partial charge in [0, 0.05) is 0 Å². The van der Waals surface area contributed by atoms with Crippen molar-refractivity contribution in [3.05, 3.63) is 0 Å². The predicted octanol–water partition coefficient (Wildman–Crippen LogP) is -0.874. The molecular formula is C11H20O7. The first-order chi connectivity index (χ1) is 8.88. The molecule has 2 aliphatic heterocycles. The number of ether oxygens (including phenoxy) is 6. The van der Waals surface area contributed by atoms with Gasteiger partial charge in [0.05, 0.1) is 39.6 Å². The highest BCUT2D eigenvalue weighted by Crippen LogP contribution is 2.08. The Morgan fingerprint density at radius 1 is 0.944 bits per heavy atom. The van der Waals surface area contributed by atoms with Gasteiger partial charge in [-0.2, -0.15) is 0 Å². The Kier molecular flexibility index (Phi) is 6.29. The minimum Gasteiger partial charge on any atom is -0.394 e. The SMILES string of the molecule is OCC(COC1COCOC1)OC1COCOC1. The minimum absolute atomic E-state index is 0.102. The first-order valence-electron chi connectivity index (χ1n) is 6.07. The molecule has 2 rings (SSSR count). The molecule has 106 valence electrons. The van der Waals surface area contributed by atoms with E-state index in [0.717, 1.165) is 0 Å². The smallest absolute Gasteiger partial charge is 0.146 e. The van der Waals surface area contributed by atoms with Crippen LogP contribution in [0.3, 0.4) is 0 Å². The summed E-state index contributed by atoms with van der Waals surface area (Å²) in [7, 11) is 0. The fraction of sp³-hybridized carbons (Fsp3) is 1.00. The Morgan fingerprint density at radius 2 is 1.50 bits per heavy atom. The highest BCUT2D eigenvalue weighted by Gasteiger charge is 2.22. The topological polar surface area (TPSA) is 75.6 Å². The molecule has 0 aromatic heterocycles. The highest BCUT2D eigenvalue weighted by atomic mass is 16.7. The summed E-state index contributed by atoms with van der Waals surface area (Å²) in [6.45, 7) is 2.78. The third-order valence-electron chi connectivity index (χ3n) is 2.65. The molecule has 0 aromatic carbocycles. The number of hydrogen-bond donors (Lipinski definition) is 1. The van der Waals surface area contributed by atoms with Crippen LogP contribution in [-0.2, 0) is 28.4 Å². The summed E-state index contributed by atoms with van der Waals surface area (Å²) in [5.41, 5.74) is 0. The summed E-state index contributed by atoms with van der Waals surface area (Å²) < 4.78 is 31.6. The molecule has 0 spiro atoms. The van der Waals surface area contributed by atoms with Crippen molar-refractivity contribution in [2.45, 2.75) is 18.3 Å². The van der Waals surface area contributed by atoms with Gasteiger partial charge in [-0.1, -0.05) is 0 Å². The highest BCUT2D eigenvalue weighted by molar-refractivity contribution is 4.66. The van der Waals surface area contributed by atoms with E-state index in [1.807, 2.05) is 0 Å². The standard InChI is InChI=1S/C11H20O7/c12-1-9(18-11-4-15-8-16-5-11)6-17-10-2-13-7-14-3-10/h9-12H,1-8H2. The Balaban J connectivity index is 1.64. The zero-order valence-corrected chi connectivity index (χ0v) is 10.3. The quantitative estimate of drug-likeness (QED) is 0.668. The van der Waals surface area contributed by atoms with Crippen molar-refractivity contribution in [3.63, 3.8) is 0 Å². The molecule has 7 nitrogen and oxygen atoms in total. The van der Waals surface area contributed by atoms with Crippen LogP contribution in [0.4, 0.5) is 0 Å². The third kappa shape index (κ3) is 4.77. The van der Waals surface area contributed by atoms with Crippen LogP contribution >= 0.6 is 0 Å². The summed E-state index contributed by atoms with van der Waals surface area (Å²) in [5.74, 6) is 0. The zero-order valence-electron chi connectivity index (χ0n) is 10.3. The Morgan fingerprint density at radius 3 is 2.06 bits per heavy atom. The summed E-state index contributed by atoms with van der Waals surface area (Å²) >= 11 is 0. The van der Waals surface area contributed by atoms with Gasteiger partial charge in [0.1, 0.15) is 31.9 Å². The van der Waals surface area contributed by atoms with Crippen LogP contribution in [0.2, 0.25) is 0 Å². The second-order valence-electron chi connectivity index (χ2n) is 4.24. The van der Waals surface area contributed by atoms with Crippen LogP contribution < -0.4 is 0 Å². The molecule has 1 N–H and O–H groups in total. The summed E-state index contributed by atoms with van der Waals surface area (Å²) in [6.07, 6.45) is -0.643. The largest absolute Gasteiger partial charge is 0.394 e. The molecule has 0 saturated carbocycles. The van der Waals surface area contributed by atoms with Gasteiger partial charge in [0.25, 0.3) is 0 Å². The summed E-state index contributed by atoms with van der Waals surface area (Å²) in [4.78, 5) is 0. The van der Waals surface area contributed by atoms with E-state index in [0.29, 0.717) is 46.6 Å². The average Bonchev–Trinajstić information content (AvgIpc) is 2.45. The maximum absolute atomic E-state index is 9.24. The van der Waals surface area contributed by atoms with Gasteiger partial charge in [0.2, 0.25) is 0 Å². The molecule has 7 heteroatoms. The van der Waals surface area contributed by atoms with Crippen LogP contribution in [0.25, 0.3) is 0 Å². The van der Waals surface area contributed by atoms with E-state index in [9.17, 15) is 5.11 Å². The lowest BCUT2D eigenvalue weighted by molar-refractivity contribution is -0.207. The molecule has 0 aliphatic carbocycles. The molecular weight excluding hydrogens is 244 g/mol. The number of aliphatic hydroxyl groups is 1. The van der Waals surface area contributed by atoms with E-state index in [2.05, 4.69) is 0 Å². The minimum atomic E-state index is -0.387. The first-order valence-corrected chi connectivity index (χ1v) is 6.07. The van der Waals surface area contributed by atoms with Crippen molar-refractivity contribution < 1.29 is 33.5 Å². The van der Waals surface area contributed by atoms with Gasteiger partial charge in [-0.3, -0.25) is 0 Å². The molecule has 1 atom stereocenters. The van der Waals surface area contributed by atoms with Crippen LogP contribution in [0.1, 0.15) is 0 Å². The Hall–Kier alpha value is -0.280. The molecule has 0 aromatic rings. The average molecular weight is 264 g/mol. The van der Waals surface area contributed by atoms with Gasteiger partial charge < -0.3 is 33.5 Å². The van der Waals surface area contributed by atoms with Crippen molar-refractivity contribution in [3.8, 4) is 0 Å². The van der Waals surface area contributed by atoms with Crippen LogP contribution in [0.5, 0.6) is 0 Å². The van der Waals surface area contributed by atoms with E-state index in [4.69, 9.17) is 28.4 Å². The lowest BCUT2D eigenvalue weighted by Gasteiger charge is -2.28. The van der Waals surface area contributed by atoms with Gasteiger partial charge in [-0.25, -0.2) is 0 Å². The number of aliphatic hydroxyl groups excluding tert-OH is 1. The first kappa shape index (κ1) is 14.1. The molecule has 0 bridgehead atoms. The van der Waals surface area contributed by atoms with Crippen molar-refractivity contribution in [2.75, 3.05) is 53.2 Å². The second-order valence-corrected chi connectivity index (χ2v) is 4.24. The fourth-order valence-electron chi connectivity index (χ4n) is 1.76. The van der Waals surface area contributed by atoms with Gasteiger partial charge in [-0.15, -0.1) is 0 Å². The zero-order chi connectivity index (χ0) is 12.6. The molecule has 2 saturated heterocycles. The maximum atomic E-state index is 9.24. The van der Waals surface area contributed by atoms with Crippen molar-refractivity contribution >= 4 is 0 Å². The van der Waals surface area contributed by atoms with Gasteiger partial charge in [0.15, 0.2) is 0 Å². The Labute approximate surface area is 106 Å². The van der Waals surface area contributed by atoms with Crippen LogP contribution in [0, 0.1) is 0 Å².